The Labute approximate surface area is 153 Å². The van der Waals surface area contributed by atoms with E-state index in [1.807, 2.05) is 78.9 Å². The van der Waals surface area contributed by atoms with Crippen molar-refractivity contribution in [3.05, 3.63) is 90.0 Å². The smallest absolute Gasteiger partial charge is 0.143 e. The number of para-hydroxylation sites is 3. The van der Waals surface area contributed by atoms with Crippen LogP contribution in [-0.2, 0) is 6.61 Å². The Kier molecular flexibility index (Phi) is 5.74. The minimum absolute atomic E-state index is 0.449. The topological polar surface area (TPSA) is 54.3 Å². The quantitative estimate of drug-likeness (QED) is 0.659. The van der Waals surface area contributed by atoms with Crippen LogP contribution in [0.1, 0.15) is 17.2 Å². The molecule has 0 unspecified atom stereocenters. The summed E-state index contributed by atoms with van der Waals surface area (Å²) in [5, 5.41) is 12.9. The molecule has 0 heterocycles. The first-order valence-electron chi connectivity index (χ1n) is 8.36. The lowest BCUT2D eigenvalue weighted by Gasteiger charge is -2.19. The van der Waals surface area contributed by atoms with Crippen LogP contribution in [0.4, 0.5) is 5.69 Å². The first kappa shape index (κ1) is 17.4. The second-order valence-corrected chi connectivity index (χ2v) is 5.72. The zero-order valence-corrected chi connectivity index (χ0v) is 14.6. The van der Waals surface area contributed by atoms with Gasteiger partial charge in [-0.3, -0.25) is 0 Å². The van der Waals surface area contributed by atoms with E-state index >= 15 is 0 Å². The third-order valence-corrected chi connectivity index (χ3v) is 4.00. The molecule has 0 saturated heterocycles. The lowest BCUT2D eigenvalue weighted by Crippen LogP contribution is -2.11. The molecule has 3 aromatic carbocycles. The van der Waals surface area contributed by atoms with Gasteiger partial charge >= 0.3 is 0 Å². The third kappa shape index (κ3) is 4.14. The van der Waals surface area contributed by atoms with Gasteiger partial charge < -0.3 is 14.8 Å². The van der Waals surface area contributed by atoms with Gasteiger partial charge in [0.1, 0.15) is 24.1 Å². The lowest BCUT2D eigenvalue weighted by atomic mass is 10.1. The van der Waals surface area contributed by atoms with Gasteiger partial charge in [-0.05, 0) is 23.8 Å². The van der Waals surface area contributed by atoms with Crippen LogP contribution in [-0.4, -0.2) is 7.11 Å². The Hall–Kier alpha value is -3.45. The van der Waals surface area contributed by atoms with Crippen molar-refractivity contribution in [2.24, 2.45) is 0 Å². The molecule has 1 atom stereocenters. The van der Waals surface area contributed by atoms with Crippen LogP contribution < -0.4 is 14.8 Å². The van der Waals surface area contributed by atoms with E-state index in [0.717, 1.165) is 16.8 Å². The van der Waals surface area contributed by atoms with Crippen molar-refractivity contribution < 1.29 is 9.47 Å². The van der Waals surface area contributed by atoms with Gasteiger partial charge in [0, 0.05) is 5.56 Å². The first-order chi connectivity index (χ1) is 12.8. The van der Waals surface area contributed by atoms with Crippen LogP contribution in [0.2, 0.25) is 0 Å². The lowest BCUT2D eigenvalue weighted by molar-refractivity contribution is 0.302. The molecule has 4 heteroatoms. The second-order valence-electron chi connectivity index (χ2n) is 5.72. The largest absolute Gasteiger partial charge is 0.495 e. The Balaban J connectivity index is 1.81. The summed E-state index contributed by atoms with van der Waals surface area (Å²) in [5.41, 5.74) is 2.63. The summed E-state index contributed by atoms with van der Waals surface area (Å²) in [4.78, 5) is 0. The van der Waals surface area contributed by atoms with E-state index in [-0.39, 0.29) is 0 Å². The first-order valence-corrected chi connectivity index (χ1v) is 8.36. The van der Waals surface area contributed by atoms with Crippen molar-refractivity contribution in [1.82, 2.24) is 0 Å². The Morgan fingerprint density at radius 1 is 0.885 bits per heavy atom. The Bertz CT molecular complexity index is 888. The van der Waals surface area contributed by atoms with Crippen molar-refractivity contribution in [2.45, 2.75) is 12.6 Å². The standard InChI is InChI=1S/C22H20N2O2/c1-25-22-14-8-6-12-19(22)24-20(15-23)18-11-5-7-13-21(18)26-16-17-9-3-2-4-10-17/h2-14,20,24H,16H2,1H3/t20-/m1/s1. The van der Waals surface area contributed by atoms with E-state index in [1.54, 1.807) is 7.11 Å². The predicted octanol–water partition coefficient (Wildman–Crippen LogP) is 4.95. The highest BCUT2D eigenvalue weighted by molar-refractivity contribution is 5.59. The van der Waals surface area contributed by atoms with Gasteiger partial charge in [-0.15, -0.1) is 0 Å². The molecular weight excluding hydrogens is 324 g/mol. The fourth-order valence-corrected chi connectivity index (χ4v) is 2.68. The number of ether oxygens (including phenoxy) is 2. The number of hydrogen-bond acceptors (Lipinski definition) is 4. The van der Waals surface area contributed by atoms with Crippen molar-refractivity contribution in [3.8, 4) is 17.6 Å². The van der Waals surface area contributed by atoms with E-state index in [9.17, 15) is 5.26 Å². The molecule has 0 aliphatic rings. The molecular formula is C22H20N2O2. The highest BCUT2D eigenvalue weighted by Gasteiger charge is 2.17. The predicted molar refractivity (Wildman–Crippen MR) is 102 cm³/mol. The zero-order valence-electron chi connectivity index (χ0n) is 14.6. The number of benzene rings is 3. The van der Waals surface area contributed by atoms with Gasteiger partial charge in [0.2, 0.25) is 0 Å². The van der Waals surface area contributed by atoms with Crippen LogP contribution in [0.15, 0.2) is 78.9 Å². The van der Waals surface area contributed by atoms with E-state index < -0.39 is 6.04 Å². The van der Waals surface area contributed by atoms with Crippen molar-refractivity contribution >= 4 is 5.69 Å². The van der Waals surface area contributed by atoms with E-state index in [1.165, 1.54) is 0 Å². The molecule has 0 saturated carbocycles. The SMILES string of the molecule is COc1ccccc1N[C@H](C#N)c1ccccc1OCc1ccccc1. The maximum Gasteiger partial charge on any atom is 0.143 e. The number of nitriles is 1. The zero-order chi connectivity index (χ0) is 18.2. The maximum absolute atomic E-state index is 9.71. The summed E-state index contributed by atoms with van der Waals surface area (Å²) in [5.74, 6) is 1.38. The summed E-state index contributed by atoms with van der Waals surface area (Å²) >= 11 is 0. The van der Waals surface area contributed by atoms with E-state index in [0.29, 0.717) is 18.1 Å². The summed E-state index contributed by atoms with van der Waals surface area (Å²) < 4.78 is 11.3. The number of nitrogens with zero attached hydrogens (tertiary/aromatic N) is 1. The van der Waals surface area contributed by atoms with Gasteiger partial charge in [-0.25, -0.2) is 0 Å². The minimum atomic E-state index is -0.557. The van der Waals surface area contributed by atoms with Crippen LogP contribution in [0.5, 0.6) is 11.5 Å². The molecule has 0 aromatic heterocycles. The Morgan fingerprint density at radius 3 is 2.27 bits per heavy atom. The molecule has 0 bridgehead atoms. The van der Waals surface area contributed by atoms with E-state index in [2.05, 4.69) is 11.4 Å². The molecule has 0 amide bonds. The summed E-state index contributed by atoms with van der Waals surface area (Å²) in [7, 11) is 1.61. The number of nitrogens with one attached hydrogen (secondary N) is 1. The highest BCUT2D eigenvalue weighted by atomic mass is 16.5. The molecule has 26 heavy (non-hydrogen) atoms. The van der Waals surface area contributed by atoms with Gasteiger partial charge in [0.05, 0.1) is 18.9 Å². The van der Waals surface area contributed by atoms with Crippen LogP contribution in [0.25, 0.3) is 0 Å². The molecule has 130 valence electrons. The van der Waals surface area contributed by atoms with Crippen molar-refractivity contribution in [3.63, 3.8) is 0 Å². The monoisotopic (exact) mass is 344 g/mol. The molecule has 0 fully saturated rings. The average molecular weight is 344 g/mol. The summed E-state index contributed by atoms with van der Waals surface area (Å²) in [6.07, 6.45) is 0. The average Bonchev–Trinajstić information content (AvgIpc) is 2.72. The molecule has 3 aromatic rings. The number of hydrogen-bond donors (Lipinski definition) is 1. The molecule has 0 aliphatic carbocycles. The molecule has 3 rings (SSSR count). The van der Waals surface area contributed by atoms with Crippen molar-refractivity contribution in [2.75, 3.05) is 12.4 Å². The molecule has 1 N–H and O–H groups in total. The second kappa shape index (κ2) is 8.59. The summed E-state index contributed by atoms with van der Waals surface area (Å²) in [6, 6.07) is 26.8. The number of anilines is 1. The third-order valence-electron chi connectivity index (χ3n) is 4.00. The minimum Gasteiger partial charge on any atom is -0.495 e. The van der Waals surface area contributed by atoms with Gasteiger partial charge in [0.25, 0.3) is 0 Å². The van der Waals surface area contributed by atoms with Crippen molar-refractivity contribution in [1.29, 1.82) is 5.26 Å². The molecule has 4 nitrogen and oxygen atoms in total. The van der Waals surface area contributed by atoms with Gasteiger partial charge in [0.15, 0.2) is 0 Å². The highest BCUT2D eigenvalue weighted by Crippen LogP contribution is 2.31. The fraction of sp³-hybridized carbons (Fsp3) is 0.136. The fourth-order valence-electron chi connectivity index (χ4n) is 2.68. The number of methoxy groups -OCH3 is 1. The van der Waals surface area contributed by atoms with Crippen LogP contribution in [0.3, 0.4) is 0 Å². The maximum atomic E-state index is 9.71. The normalized spacial score (nSPS) is 11.2. The Morgan fingerprint density at radius 2 is 1.54 bits per heavy atom. The number of rotatable bonds is 7. The molecule has 0 radical (unpaired) electrons. The molecule has 0 aliphatic heterocycles. The van der Waals surface area contributed by atoms with Gasteiger partial charge in [-0.1, -0.05) is 60.7 Å². The molecule has 0 spiro atoms. The van der Waals surface area contributed by atoms with E-state index in [4.69, 9.17) is 9.47 Å². The van der Waals surface area contributed by atoms with Crippen LogP contribution in [0, 0.1) is 11.3 Å². The van der Waals surface area contributed by atoms with Gasteiger partial charge in [-0.2, -0.15) is 5.26 Å². The summed E-state index contributed by atoms with van der Waals surface area (Å²) in [6.45, 7) is 0.449. The van der Waals surface area contributed by atoms with Crippen LogP contribution >= 0.6 is 0 Å².